The minimum atomic E-state index is -0.784. The third-order valence-electron chi connectivity index (χ3n) is 3.37. The van der Waals surface area contributed by atoms with Crippen LogP contribution in [0.4, 0.5) is 4.79 Å². The Balaban J connectivity index is 2.60. The van der Waals surface area contributed by atoms with Crippen molar-refractivity contribution in [3.8, 4) is 0 Å². The summed E-state index contributed by atoms with van der Waals surface area (Å²) in [4.78, 5) is 24.3. The van der Waals surface area contributed by atoms with Crippen LogP contribution in [0, 0.1) is 5.92 Å². The monoisotopic (exact) mass is 258 g/mol. The molecule has 18 heavy (non-hydrogen) atoms. The van der Waals surface area contributed by atoms with Gasteiger partial charge in [-0.1, -0.05) is 13.8 Å². The lowest BCUT2D eigenvalue weighted by Crippen LogP contribution is -2.49. The molecule has 0 bridgehead atoms. The molecule has 2 atom stereocenters. The van der Waals surface area contributed by atoms with Crippen LogP contribution in [-0.2, 0) is 9.53 Å². The predicted molar refractivity (Wildman–Crippen MR) is 66.4 cm³/mol. The maximum absolute atomic E-state index is 11.2. The van der Waals surface area contributed by atoms with Crippen LogP contribution in [0.1, 0.15) is 26.7 Å². The average molecular weight is 258 g/mol. The number of hydrogen-bond donors (Lipinski definition) is 2. The Hall–Kier alpha value is -1.30. The molecule has 0 aromatic rings. The number of nitrogens with one attached hydrogen (secondary N) is 1. The van der Waals surface area contributed by atoms with Crippen LogP contribution in [0.15, 0.2) is 0 Å². The van der Waals surface area contributed by atoms with Crippen molar-refractivity contribution in [1.82, 2.24) is 10.2 Å². The molecule has 1 heterocycles. The van der Waals surface area contributed by atoms with Crippen molar-refractivity contribution >= 4 is 12.1 Å². The number of ether oxygens (including phenoxy) is 1. The van der Waals surface area contributed by atoms with Crippen LogP contribution in [0.5, 0.6) is 0 Å². The summed E-state index contributed by atoms with van der Waals surface area (Å²) >= 11 is 0. The highest BCUT2D eigenvalue weighted by atomic mass is 16.5. The smallest absolute Gasteiger partial charge is 0.407 e. The Bertz CT molecular complexity index is 306. The third kappa shape index (κ3) is 3.87. The van der Waals surface area contributed by atoms with Gasteiger partial charge in [-0.15, -0.1) is 0 Å². The number of alkyl carbamates (subject to hydrolysis) is 1. The van der Waals surface area contributed by atoms with Crippen LogP contribution in [0.25, 0.3) is 0 Å². The molecule has 2 N–H and O–H groups in total. The number of carbonyl (C=O) groups excluding carboxylic acids is 1. The molecular weight excluding hydrogens is 236 g/mol. The fourth-order valence-electron chi connectivity index (χ4n) is 2.21. The summed E-state index contributed by atoms with van der Waals surface area (Å²) in [6.07, 6.45) is 1.10. The first-order valence-electron chi connectivity index (χ1n) is 6.27. The highest BCUT2D eigenvalue weighted by Crippen LogP contribution is 2.19. The largest absolute Gasteiger partial charge is 0.480 e. The van der Waals surface area contributed by atoms with Gasteiger partial charge in [-0.3, -0.25) is 9.69 Å². The molecule has 0 spiro atoms. The second kappa shape index (κ2) is 6.58. The third-order valence-corrected chi connectivity index (χ3v) is 3.37. The topological polar surface area (TPSA) is 78.9 Å². The van der Waals surface area contributed by atoms with Gasteiger partial charge in [0.05, 0.1) is 7.11 Å². The molecule has 104 valence electrons. The number of methoxy groups -OCH3 is 1. The summed E-state index contributed by atoms with van der Waals surface area (Å²) in [6.45, 7) is 5.30. The molecule has 1 aliphatic rings. The molecule has 1 amide bonds. The lowest BCUT2D eigenvalue weighted by atomic mass is 10.0. The molecule has 6 nitrogen and oxygen atoms in total. The molecule has 0 aromatic carbocycles. The molecular formula is C12H22N2O4. The van der Waals surface area contributed by atoms with Crippen molar-refractivity contribution in [1.29, 1.82) is 0 Å². The van der Waals surface area contributed by atoms with E-state index in [0.717, 1.165) is 13.0 Å². The number of aliphatic carboxylic acids is 1. The Morgan fingerprint density at radius 2 is 2.17 bits per heavy atom. The van der Waals surface area contributed by atoms with Gasteiger partial charge in [0.25, 0.3) is 0 Å². The quantitative estimate of drug-likeness (QED) is 0.766. The highest BCUT2D eigenvalue weighted by molar-refractivity contribution is 5.73. The van der Waals surface area contributed by atoms with Gasteiger partial charge in [0.1, 0.15) is 6.04 Å². The van der Waals surface area contributed by atoms with Crippen molar-refractivity contribution in [2.45, 2.75) is 38.8 Å². The predicted octanol–water partition coefficient (Wildman–Crippen LogP) is 0.916. The zero-order chi connectivity index (χ0) is 13.7. The summed E-state index contributed by atoms with van der Waals surface area (Å²) < 4.78 is 4.58. The van der Waals surface area contributed by atoms with Gasteiger partial charge in [0.2, 0.25) is 0 Å². The molecule has 0 unspecified atom stereocenters. The van der Waals surface area contributed by atoms with E-state index in [-0.39, 0.29) is 12.0 Å². The number of hydrogen-bond acceptors (Lipinski definition) is 4. The summed E-state index contributed by atoms with van der Waals surface area (Å²) in [6, 6.07) is -0.525. The molecule has 0 aromatic heterocycles. The molecule has 0 radical (unpaired) electrons. The summed E-state index contributed by atoms with van der Waals surface area (Å²) in [5.74, 6) is -0.563. The van der Waals surface area contributed by atoms with E-state index in [4.69, 9.17) is 5.11 Å². The number of rotatable bonds is 5. The van der Waals surface area contributed by atoms with E-state index < -0.39 is 18.1 Å². The van der Waals surface area contributed by atoms with E-state index in [1.54, 1.807) is 0 Å². The first-order chi connectivity index (χ1) is 8.45. The number of carbonyl (C=O) groups is 2. The van der Waals surface area contributed by atoms with Gasteiger partial charge in [0.15, 0.2) is 0 Å². The van der Waals surface area contributed by atoms with E-state index in [9.17, 15) is 9.59 Å². The van der Waals surface area contributed by atoms with E-state index in [2.05, 4.69) is 10.1 Å². The van der Waals surface area contributed by atoms with Crippen molar-refractivity contribution in [2.24, 2.45) is 5.92 Å². The Morgan fingerprint density at radius 3 is 2.67 bits per heavy atom. The van der Waals surface area contributed by atoms with Gasteiger partial charge in [-0.2, -0.15) is 0 Å². The first kappa shape index (κ1) is 14.8. The number of likely N-dealkylation sites (tertiary alicyclic amines) is 1. The highest BCUT2D eigenvalue weighted by Gasteiger charge is 2.32. The van der Waals surface area contributed by atoms with Gasteiger partial charge in [-0.05, 0) is 25.3 Å². The van der Waals surface area contributed by atoms with Gasteiger partial charge >= 0.3 is 12.1 Å². The molecule has 1 aliphatic heterocycles. The number of amides is 1. The zero-order valence-electron chi connectivity index (χ0n) is 11.2. The molecule has 1 fully saturated rings. The molecule has 0 saturated carbocycles. The van der Waals surface area contributed by atoms with E-state index in [0.29, 0.717) is 13.0 Å². The molecule has 1 saturated heterocycles. The SMILES string of the molecule is COC(=O)N[C@H](CN1CCC[C@H]1C(=O)O)C(C)C. The fourth-order valence-corrected chi connectivity index (χ4v) is 2.21. The Morgan fingerprint density at radius 1 is 1.50 bits per heavy atom. The maximum Gasteiger partial charge on any atom is 0.407 e. The summed E-state index contributed by atoms with van der Waals surface area (Å²) in [5, 5.41) is 11.9. The first-order valence-corrected chi connectivity index (χ1v) is 6.27. The van der Waals surface area contributed by atoms with Crippen LogP contribution in [-0.4, -0.2) is 54.4 Å². The zero-order valence-corrected chi connectivity index (χ0v) is 11.2. The number of carboxylic acid groups (broad SMARTS) is 1. The minimum absolute atomic E-state index is 0.0996. The average Bonchev–Trinajstić information content (AvgIpc) is 2.76. The lowest BCUT2D eigenvalue weighted by molar-refractivity contribution is -0.142. The molecule has 1 rings (SSSR count). The Kier molecular flexibility index (Phi) is 5.40. The summed E-state index contributed by atoms with van der Waals surface area (Å²) in [7, 11) is 1.32. The molecule has 6 heteroatoms. The van der Waals surface area contributed by atoms with Crippen molar-refractivity contribution < 1.29 is 19.4 Å². The van der Waals surface area contributed by atoms with Crippen LogP contribution in [0.2, 0.25) is 0 Å². The van der Waals surface area contributed by atoms with Crippen molar-refractivity contribution in [3.63, 3.8) is 0 Å². The van der Waals surface area contributed by atoms with Crippen LogP contribution >= 0.6 is 0 Å². The van der Waals surface area contributed by atoms with Gasteiger partial charge < -0.3 is 15.2 Å². The van der Waals surface area contributed by atoms with Gasteiger partial charge in [0, 0.05) is 12.6 Å². The van der Waals surface area contributed by atoms with Crippen LogP contribution < -0.4 is 5.32 Å². The van der Waals surface area contributed by atoms with Crippen molar-refractivity contribution in [2.75, 3.05) is 20.2 Å². The van der Waals surface area contributed by atoms with Gasteiger partial charge in [-0.25, -0.2) is 4.79 Å². The second-order valence-corrected chi connectivity index (χ2v) is 4.98. The normalized spacial score (nSPS) is 21.9. The standard InChI is InChI=1S/C12H22N2O4/c1-8(2)9(13-12(17)18-3)7-14-6-4-5-10(14)11(15)16/h8-10H,4-7H2,1-3H3,(H,13,17)(H,15,16)/t9-,10+/m1/s1. The minimum Gasteiger partial charge on any atom is -0.480 e. The van der Waals surface area contributed by atoms with Crippen LogP contribution in [0.3, 0.4) is 0 Å². The second-order valence-electron chi connectivity index (χ2n) is 4.98. The fraction of sp³-hybridized carbons (Fsp3) is 0.833. The van der Waals surface area contributed by atoms with E-state index >= 15 is 0 Å². The van der Waals surface area contributed by atoms with E-state index in [1.165, 1.54) is 7.11 Å². The number of carboxylic acids is 1. The number of nitrogens with zero attached hydrogens (tertiary/aromatic N) is 1. The molecule has 0 aliphatic carbocycles. The maximum atomic E-state index is 11.2. The van der Waals surface area contributed by atoms with Crippen molar-refractivity contribution in [3.05, 3.63) is 0 Å². The lowest BCUT2D eigenvalue weighted by Gasteiger charge is -2.29. The van der Waals surface area contributed by atoms with E-state index in [1.807, 2.05) is 18.7 Å². The summed E-state index contributed by atoms with van der Waals surface area (Å²) in [5.41, 5.74) is 0. The Labute approximate surface area is 107 Å².